The number of aromatic amines is 1. The largest absolute Gasteiger partial charge is 0.394 e. The zero-order valence-electron chi connectivity index (χ0n) is 10.7. The molecule has 2 heterocycles. The Kier molecular flexibility index (Phi) is 5.36. The number of aliphatic hydroxyl groups excluding tert-OH is 1. The highest BCUT2D eigenvalue weighted by atomic mass is 127. The van der Waals surface area contributed by atoms with Crippen molar-refractivity contribution < 1.29 is 14.6 Å². The normalized spacial score (nSPS) is 24.8. The number of hydrogen-bond acceptors (Lipinski definition) is 6. The molecule has 1 aromatic rings. The fourth-order valence-corrected chi connectivity index (χ4v) is 2.48. The number of nitrogens with zero attached hydrogens (tertiary/aromatic N) is 4. The SMILES string of the molecule is [N-]=[N+]=NCO[C@H]1C[C@@H](n2cc(I)c(=O)[nH]c2=O)O[C@H]1CO. The van der Waals surface area contributed by atoms with Gasteiger partial charge >= 0.3 is 5.69 Å². The van der Waals surface area contributed by atoms with E-state index in [2.05, 4.69) is 15.0 Å². The summed E-state index contributed by atoms with van der Waals surface area (Å²) < 4.78 is 12.4. The summed E-state index contributed by atoms with van der Waals surface area (Å²) in [5.74, 6) is 0. The van der Waals surface area contributed by atoms with Gasteiger partial charge in [-0.25, -0.2) is 4.79 Å². The van der Waals surface area contributed by atoms with Crippen molar-refractivity contribution in [3.63, 3.8) is 0 Å². The van der Waals surface area contributed by atoms with Crippen LogP contribution < -0.4 is 11.2 Å². The minimum absolute atomic E-state index is 0.189. The first-order valence-corrected chi connectivity index (χ1v) is 7.04. The Morgan fingerprint density at radius 1 is 1.67 bits per heavy atom. The standard InChI is InChI=1S/C10H12IN5O5/c11-5-2-16(10(19)14-9(5)18)8-1-6(7(3-17)21-8)20-4-13-15-12/h2,6-8,17H,1,3-4H2,(H,14,18,19)/t6-,7-,8-/m0/s1. The molecule has 21 heavy (non-hydrogen) atoms. The molecule has 1 aromatic heterocycles. The summed E-state index contributed by atoms with van der Waals surface area (Å²) in [6, 6.07) is 0. The Bertz CT molecular complexity index is 667. The molecule has 1 fully saturated rings. The van der Waals surface area contributed by atoms with E-state index >= 15 is 0 Å². The summed E-state index contributed by atoms with van der Waals surface area (Å²) in [6.07, 6.45) is -0.149. The molecule has 0 saturated carbocycles. The molecule has 0 radical (unpaired) electrons. The van der Waals surface area contributed by atoms with Crippen molar-refractivity contribution in [2.45, 2.75) is 24.9 Å². The van der Waals surface area contributed by atoms with Gasteiger partial charge in [0.25, 0.3) is 5.56 Å². The van der Waals surface area contributed by atoms with E-state index in [1.54, 1.807) is 22.6 Å². The first-order valence-electron chi connectivity index (χ1n) is 5.96. The van der Waals surface area contributed by atoms with Crippen LogP contribution in [0, 0.1) is 3.57 Å². The molecule has 2 rings (SSSR count). The van der Waals surface area contributed by atoms with Crippen LogP contribution in [0.1, 0.15) is 12.6 Å². The van der Waals surface area contributed by atoms with Crippen molar-refractivity contribution in [2.24, 2.45) is 5.11 Å². The molecule has 1 saturated heterocycles. The van der Waals surface area contributed by atoms with Gasteiger partial charge in [-0.1, -0.05) is 5.11 Å². The second-order valence-corrected chi connectivity index (χ2v) is 5.42. The van der Waals surface area contributed by atoms with Crippen LogP contribution in [0.15, 0.2) is 20.9 Å². The quantitative estimate of drug-likeness (QED) is 0.306. The van der Waals surface area contributed by atoms with Crippen molar-refractivity contribution >= 4 is 22.6 Å². The van der Waals surface area contributed by atoms with Gasteiger partial charge < -0.3 is 14.6 Å². The highest BCUT2D eigenvalue weighted by Crippen LogP contribution is 2.29. The minimum atomic E-state index is -0.670. The van der Waals surface area contributed by atoms with Crippen LogP contribution in [0.5, 0.6) is 0 Å². The molecule has 2 N–H and O–H groups in total. The van der Waals surface area contributed by atoms with E-state index < -0.39 is 29.7 Å². The molecular weight excluding hydrogens is 397 g/mol. The van der Waals surface area contributed by atoms with Gasteiger partial charge in [-0.05, 0) is 28.1 Å². The van der Waals surface area contributed by atoms with Crippen molar-refractivity contribution in [1.29, 1.82) is 0 Å². The monoisotopic (exact) mass is 409 g/mol. The summed E-state index contributed by atoms with van der Waals surface area (Å²) in [7, 11) is 0. The van der Waals surface area contributed by atoms with Crippen molar-refractivity contribution in [2.75, 3.05) is 13.3 Å². The molecule has 0 unspecified atom stereocenters. The van der Waals surface area contributed by atoms with E-state index in [-0.39, 0.29) is 19.8 Å². The third kappa shape index (κ3) is 3.63. The maximum absolute atomic E-state index is 11.8. The Morgan fingerprint density at radius 3 is 3.10 bits per heavy atom. The molecule has 1 aliphatic heterocycles. The Balaban J connectivity index is 2.19. The number of nitrogens with one attached hydrogen (secondary N) is 1. The van der Waals surface area contributed by atoms with E-state index in [9.17, 15) is 14.7 Å². The molecular formula is C10H12IN5O5. The highest BCUT2D eigenvalue weighted by molar-refractivity contribution is 14.1. The van der Waals surface area contributed by atoms with Crippen LogP contribution in [0.25, 0.3) is 10.4 Å². The van der Waals surface area contributed by atoms with Gasteiger partial charge in [0.05, 0.1) is 16.3 Å². The maximum Gasteiger partial charge on any atom is 0.330 e. The summed E-state index contributed by atoms with van der Waals surface area (Å²) in [4.78, 5) is 27.9. The van der Waals surface area contributed by atoms with E-state index in [4.69, 9.17) is 15.0 Å². The van der Waals surface area contributed by atoms with Crippen LogP contribution >= 0.6 is 22.6 Å². The minimum Gasteiger partial charge on any atom is -0.394 e. The molecule has 11 heteroatoms. The lowest BCUT2D eigenvalue weighted by atomic mass is 10.2. The second kappa shape index (κ2) is 7.04. The molecule has 0 aliphatic carbocycles. The fraction of sp³-hybridized carbons (Fsp3) is 0.600. The van der Waals surface area contributed by atoms with Gasteiger partial charge in [0.15, 0.2) is 0 Å². The number of azide groups is 1. The zero-order chi connectivity index (χ0) is 15.4. The van der Waals surface area contributed by atoms with Crippen molar-refractivity contribution in [3.8, 4) is 0 Å². The van der Waals surface area contributed by atoms with E-state index in [0.29, 0.717) is 3.57 Å². The average Bonchev–Trinajstić information content (AvgIpc) is 2.86. The number of rotatable bonds is 5. The van der Waals surface area contributed by atoms with Gasteiger partial charge in [-0.3, -0.25) is 14.3 Å². The first-order chi connectivity index (χ1) is 10.1. The molecule has 1 aliphatic rings. The molecule has 0 amide bonds. The molecule has 0 spiro atoms. The lowest BCUT2D eigenvalue weighted by Crippen LogP contribution is -2.33. The predicted molar refractivity (Wildman–Crippen MR) is 78.5 cm³/mol. The number of H-pyrrole nitrogens is 1. The van der Waals surface area contributed by atoms with E-state index in [0.717, 1.165) is 0 Å². The molecule has 0 bridgehead atoms. The van der Waals surface area contributed by atoms with Gasteiger partial charge in [-0.2, -0.15) is 0 Å². The first kappa shape index (κ1) is 16.0. The van der Waals surface area contributed by atoms with Crippen LogP contribution in [-0.4, -0.2) is 40.2 Å². The summed E-state index contributed by atoms with van der Waals surface area (Å²) in [5.41, 5.74) is 7.14. The molecule has 10 nitrogen and oxygen atoms in total. The second-order valence-electron chi connectivity index (χ2n) is 4.26. The summed E-state index contributed by atoms with van der Waals surface area (Å²) in [6.45, 7) is -0.488. The number of hydrogen-bond donors (Lipinski definition) is 2. The third-order valence-corrected chi connectivity index (χ3v) is 3.77. The summed E-state index contributed by atoms with van der Waals surface area (Å²) in [5, 5.41) is 12.5. The fourth-order valence-electron chi connectivity index (χ4n) is 2.04. The molecule has 3 atom stereocenters. The van der Waals surface area contributed by atoms with Crippen LogP contribution in [0.2, 0.25) is 0 Å². The van der Waals surface area contributed by atoms with Gasteiger partial charge in [0.2, 0.25) is 0 Å². The lowest BCUT2D eigenvalue weighted by Gasteiger charge is -2.15. The number of halogens is 1. The van der Waals surface area contributed by atoms with E-state index in [1.165, 1.54) is 10.8 Å². The Hall–Kier alpha value is -1.40. The van der Waals surface area contributed by atoms with Crippen LogP contribution in [0.4, 0.5) is 0 Å². The van der Waals surface area contributed by atoms with Crippen LogP contribution in [-0.2, 0) is 9.47 Å². The Morgan fingerprint density at radius 2 is 2.43 bits per heavy atom. The Labute approximate surface area is 131 Å². The highest BCUT2D eigenvalue weighted by Gasteiger charge is 2.37. The van der Waals surface area contributed by atoms with Crippen LogP contribution in [0.3, 0.4) is 0 Å². The lowest BCUT2D eigenvalue weighted by molar-refractivity contribution is -0.0613. The number of ether oxygens (including phenoxy) is 2. The van der Waals surface area contributed by atoms with Crippen molar-refractivity contribution in [1.82, 2.24) is 9.55 Å². The molecule has 0 aromatic carbocycles. The van der Waals surface area contributed by atoms with Crippen molar-refractivity contribution in [3.05, 3.63) is 41.0 Å². The summed E-state index contributed by atoms with van der Waals surface area (Å²) >= 11 is 1.81. The zero-order valence-corrected chi connectivity index (χ0v) is 12.8. The van der Waals surface area contributed by atoms with Gasteiger partial charge in [-0.15, -0.1) is 0 Å². The average molecular weight is 409 g/mol. The third-order valence-electron chi connectivity index (χ3n) is 3.00. The predicted octanol–water partition coefficient (Wildman–Crippen LogP) is 0.0740. The molecule has 114 valence electrons. The topological polar surface area (TPSA) is 142 Å². The van der Waals surface area contributed by atoms with Gasteiger partial charge in [0, 0.05) is 17.5 Å². The number of aromatic nitrogens is 2. The van der Waals surface area contributed by atoms with E-state index in [1.807, 2.05) is 0 Å². The smallest absolute Gasteiger partial charge is 0.330 e. The maximum atomic E-state index is 11.8. The van der Waals surface area contributed by atoms with Gasteiger partial charge in [0.1, 0.15) is 19.1 Å². The number of aliphatic hydroxyl groups is 1.